The maximum absolute atomic E-state index is 12.9. The minimum Gasteiger partial charge on any atom is -0.378 e. The number of rotatable bonds is 3. The van der Waals surface area contributed by atoms with E-state index in [9.17, 15) is 13.2 Å². The average molecular weight is 351 g/mol. The lowest BCUT2D eigenvalue weighted by molar-refractivity contribution is -0.127. The highest BCUT2D eigenvalue weighted by Crippen LogP contribution is 2.33. The number of morpholine rings is 1. The molecule has 0 atom stereocenters. The van der Waals surface area contributed by atoms with Crippen LogP contribution in [0.15, 0.2) is 28.2 Å². The first-order valence-corrected chi connectivity index (χ1v) is 9.52. The number of hydrogen-bond donors (Lipinski definition) is 0. The van der Waals surface area contributed by atoms with Crippen molar-refractivity contribution in [2.75, 3.05) is 37.9 Å². The number of hydrazone groups is 1. The average Bonchev–Trinajstić information content (AvgIpc) is 2.57. The van der Waals surface area contributed by atoms with E-state index in [0.29, 0.717) is 38.5 Å². The molecule has 0 radical (unpaired) electrons. The van der Waals surface area contributed by atoms with E-state index in [1.165, 1.54) is 4.90 Å². The second kappa shape index (κ2) is 6.52. The Kier molecular flexibility index (Phi) is 4.60. The van der Waals surface area contributed by atoms with E-state index in [0.717, 1.165) is 12.0 Å². The van der Waals surface area contributed by atoms with Crippen molar-refractivity contribution in [3.05, 3.63) is 23.8 Å². The summed E-state index contributed by atoms with van der Waals surface area (Å²) in [6, 6.07) is 5.09. The number of nitrogens with zero attached hydrogens (tertiary/aromatic N) is 3. The molecule has 2 heterocycles. The summed E-state index contributed by atoms with van der Waals surface area (Å²) in [4.78, 5) is 14.4. The fourth-order valence-electron chi connectivity index (χ4n) is 2.82. The summed E-state index contributed by atoms with van der Waals surface area (Å²) in [5, 5.41) is 5.44. The SMILES string of the molecule is CCCN1N=C(C(=O)N2CCOCC2)S(=O)(=O)c2ccc(C)cc21. The van der Waals surface area contributed by atoms with Crippen LogP contribution in [0.3, 0.4) is 0 Å². The van der Waals surface area contributed by atoms with Gasteiger partial charge in [0.05, 0.1) is 23.8 Å². The molecule has 3 rings (SSSR count). The molecule has 0 aromatic heterocycles. The van der Waals surface area contributed by atoms with Crippen LogP contribution in [0.2, 0.25) is 0 Å². The predicted molar refractivity (Wildman–Crippen MR) is 90.8 cm³/mol. The number of hydrogen-bond acceptors (Lipinski definition) is 6. The van der Waals surface area contributed by atoms with E-state index in [-0.39, 0.29) is 4.90 Å². The third kappa shape index (κ3) is 2.91. The number of carbonyl (C=O) groups is 1. The zero-order valence-electron chi connectivity index (χ0n) is 13.9. The quantitative estimate of drug-likeness (QED) is 0.817. The fraction of sp³-hybridized carbons (Fsp3) is 0.500. The van der Waals surface area contributed by atoms with Crippen LogP contribution in [-0.2, 0) is 19.4 Å². The summed E-state index contributed by atoms with van der Waals surface area (Å²) in [6.07, 6.45) is 0.788. The third-order valence-electron chi connectivity index (χ3n) is 4.06. The molecule has 0 saturated carbocycles. The van der Waals surface area contributed by atoms with Gasteiger partial charge in [-0.1, -0.05) is 13.0 Å². The van der Waals surface area contributed by atoms with Gasteiger partial charge in [0.1, 0.15) is 0 Å². The molecule has 2 aliphatic heterocycles. The van der Waals surface area contributed by atoms with Crippen molar-refractivity contribution >= 4 is 26.5 Å². The molecule has 8 heteroatoms. The van der Waals surface area contributed by atoms with Crippen molar-refractivity contribution in [2.24, 2.45) is 5.10 Å². The highest BCUT2D eigenvalue weighted by Gasteiger charge is 2.39. The Balaban J connectivity index is 2.06. The number of anilines is 1. The lowest BCUT2D eigenvalue weighted by Crippen LogP contribution is -2.47. The van der Waals surface area contributed by atoms with Crippen LogP contribution in [0, 0.1) is 6.92 Å². The fourth-order valence-corrected chi connectivity index (χ4v) is 4.28. The second-order valence-corrected chi connectivity index (χ2v) is 7.74. The first-order chi connectivity index (χ1) is 11.4. The van der Waals surface area contributed by atoms with E-state index < -0.39 is 20.8 Å². The molecule has 24 heavy (non-hydrogen) atoms. The first-order valence-electron chi connectivity index (χ1n) is 8.04. The lowest BCUT2D eigenvalue weighted by Gasteiger charge is -2.31. The van der Waals surface area contributed by atoms with Crippen molar-refractivity contribution in [2.45, 2.75) is 25.2 Å². The second-order valence-electron chi connectivity index (χ2n) is 5.91. The van der Waals surface area contributed by atoms with E-state index in [1.54, 1.807) is 23.2 Å². The van der Waals surface area contributed by atoms with Crippen molar-refractivity contribution in [1.29, 1.82) is 0 Å². The predicted octanol–water partition coefficient (Wildman–Crippen LogP) is 1.17. The number of sulfone groups is 1. The number of amides is 1. The molecule has 0 bridgehead atoms. The number of benzene rings is 1. The number of aryl methyl sites for hydroxylation is 1. The molecular formula is C16H21N3O4S. The zero-order valence-corrected chi connectivity index (χ0v) is 14.7. The maximum Gasteiger partial charge on any atom is 0.286 e. The Morgan fingerprint density at radius 1 is 1.29 bits per heavy atom. The smallest absolute Gasteiger partial charge is 0.286 e. The van der Waals surface area contributed by atoms with Crippen LogP contribution in [-0.4, -0.2) is 57.1 Å². The summed E-state index contributed by atoms with van der Waals surface area (Å²) >= 11 is 0. The molecule has 0 spiro atoms. The van der Waals surface area contributed by atoms with Gasteiger partial charge in [-0.25, -0.2) is 8.42 Å². The first kappa shape index (κ1) is 16.9. The topological polar surface area (TPSA) is 79.3 Å². The molecule has 1 amide bonds. The zero-order chi connectivity index (χ0) is 17.3. The molecule has 1 aromatic carbocycles. The minimum absolute atomic E-state index is 0.146. The Labute approximate surface area is 141 Å². The van der Waals surface area contributed by atoms with Crippen LogP contribution in [0.1, 0.15) is 18.9 Å². The van der Waals surface area contributed by atoms with Gasteiger partial charge in [-0.2, -0.15) is 5.10 Å². The van der Waals surface area contributed by atoms with Crippen LogP contribution >= 0.6 is 0 Å². The highest BCUT2D eigenvalue weighted by molar-refractivity contribution is 8.08. The Morgan fingerprint density at radius 2 is 2.00 bits per heavy atom. The van der Waals surface area contributed by atoms with E-state index in [4.69, 9.17) is 4.74 Å². The molecule has 0 unspecified atom stereocenters. The van der Waals surface area contributed by atoms with Crippen molar-refractivity contribution < 1.29 is 17.9 Å². The summed E-state index contributed by atoms with van der Waals surface area (Å²) in [5.41, 5.74) is 1.48. The number of ether oxygens (including phenoxy) is 1. The lowest BCUT2D eigenvalue weighted by atomic mass is 10.2. The van der Waals surface area contributed by atoms with Crippen molar-refractivity contribution in [3.63, 3.8) is 0 Å². The van der Waals surface area contributed by atoms with E-state index >= 15 is 0 Å². The standard InChI is InChI=1S/C16H21N3O4S/c1-3-6-19-13-11-12(2)4-5-14(13)24(21,22)15(17-19)16(20)18-7-9-23-10-8-18/h4-5,11H,3,6-10H2,1-2H3. The summed E-state index contributed by atoms with van der Waals surface area (Å²) in [7, 11) is -3.92. The van der Waals surface area contributed by atoms with Crippen LogP contribution in [0.25, 0.3) is 0 Å². The number of fused-ring (bicyclic) bond motifs is 1. The Hall–Kier alpha value is -1.93. The maximum atomic E-state index is 12.9. The molecule has 1 aromatic rings. The van der Waals surface area contributed by atoms with Gasteiger partial charge >= 0.3 is 0 Å². The van der Waals surface area contributed by atoms with Crippen LogP contribution in [0.4, 0.5) is 5.69 Å². The van der Waals surface area contributed by atoms with E-state index in [2.05, 4.69) is 5.10 Å². The molecule has 1 fully saturated rings. The molecule has 1 saturated heterocycles. The molecule has 0 aliphatic carbocycles. The molecule has 2 aliphatic rings. The van der Waals surface area contributed by atoms with Crippen molar-refractivity contribution in [1.82, 2.24) is 4.90 Å². The normalized spacial score (nSPS) is 19.7. The number of carbonyl (C=O) groups excluding carboxylic acids is 1. The molecule has 7 nitrogen and oxygen atoms in total. The largest absolute Gasteiger partial charge is 0.378 e. The van der Waals surface area contributed by atoms with Crippen LogP contribution < -0.4 is 5.01 Å². The highest BCUT2D eigenvalue weighted by atomic mass is 32.2. The van der Waals surface area contributed by atoms with Gasteiger partial charge in [-0.3, -0.25) is 9.80 Å². The Morgan fingerprint density at radius 3 is 2.67 bits per heavy atom. The van der Waals surface area contributed by atoms with E-state index in [1.807, 2.05) is 13.8 Å². The van der Waals surface area contributed by atoms with Gasteiger partial charge in [0.15, 0.2) is 0 Å². The van der Waals surface area contributed by atoms with Gasteiger partial charge < -0.3 is 9.64 Å². The molecular weight excluding hydrogens is 330 g/mol. The van der Waals surface area contributed by atoms with Gasteiger partial charge in [0.2, 0.25) is 14.9 Å². The summed E-state index contributed by atoms with van der Waals surface area (Å²) in [5.74, 6) is -0.550. The monoisotopic (exact) mass is 351 g/mol. The summed E-state index contributed by atoms with van der Waals surface area (Å²) in [6.45, 7) is 6.00. The van der Waals surface area contributed by atoms with Gasteiger partial charge in [-0.15, -0.1) is 0 Å². The van der Waals surface area contributed by atoms with Gasteiger partial charge in [0.25, 0.3) is 5.91 Å². The third-order valence-corrected chi connectivity index (χ3v) is 5.75. The van der Waals surface area contributed by atoms with Gasteiger partial charge in [-0.05, 0) is 31.0 Å². The molecule has 0 N–H and O–H groups in total. The van der Waals surface area contributed by atoms with Crippen molar-refractivity contribution in [3.8, 4) is 0 Å². The Bertz CT molecular complexity index is 783. The van der Waals surface area contributed by atoms with Gasteiger partial charge in [0, 0.05) is 19.6 Å². The molecule has 130 valence electrons. The summed E-state index contributed by atoms with van der Waals surface area (Å²) < 4.78 is 31.1. The minimum atomic E-state index is -3.92. The van der Waals surface area contributed by atoms with Crippen LogP contribution in [0.5, 0.6) is 0 Å².